The molecule has 0 spiro atoms. The average molecular weight is 361 g/mol. The summed E-state index contributed by atoms with van der Waals surface area (Å²) in [5.74, 6) is 0.195. The Morgan fingerprint density at radius 3 is 2.35 bits per heavy atom. The van der Waals surface area contributed by atoms with E-state index in [1.54, 1.807) is 18.9 Å². The Hall–Kier alpha value is -2.57. The first kappa shape index (κ1) is 19.8. The van der Waals surface area contributed by atoms with Gasteiger partial charge < -0.3 is 15.0 Å². The molecule has 7 heteroatoms. The van der Waals surface area contributed by atoms with Crippen molar-refractivity contribution in [2.24, 2.45) is 0 Å². The zero-order valence-corrected chi connectivity index (χ0v) is 15.9. The number of carbonyl (C=O) groups excluding carboxylic acids is 3. The number of likely N-dealkylation sites (N-methyl/N-ethyl adjacent to an activating group) is 1. The van der Waals surface area contributed by atoms with Crippen molar-refractivity contribution in [3.8, 4) is 5.75 Å². The van der Waals surface area contributed by atoms with Crippen LogP contribution in [0.4, 0.5) is 4.79 Å². The molecule has 1 heterocycles. The summed E-state index contributed by atoms with van der Waals surface area (Å²) < 4.78 is 5.13. The van der Waals surface area contributed by atoms with Gasteiger partial charge in [-0.3, -0.25) is 14.5 Å². The topological polar surface area (TPSA) is 79.0 Å². The van der Waals surface area contributed by atoms with Gasteiger partial charge in [-0.2, -0.15) is 0 Å². The minimum absolute atomic E-state index is 0.218. The number of benzene rings is 1. The highest BCUT2D eigenvalue weighted by atomic mass is 16.5. The molecule has 1 atom stereocenters. The second-order valence-electron chi connectivity index (χ2n) is 6.57. The van der Waals surface area contributed by atoms with E-state index in [2.05, 4.69) is 5.32 Å². The number of rotatable bonds is 8. The number of aryl methyl sites for hydroxylation is 1. The Labute approximate surface area is 154 Å². The lowest BCUT2D eigenvalue weighted by atomic mass is 9.93. The van der Waals surface area contributed by atoms with Crippen LogP contribution in [0.3, 0.4) is 0 Å². The minimum atomic E-state index is -0.999. The molecule has 7 nitrogen and oxygen atoms in total. The van der Waals surface area contributed by atoms with Crippen LogP contribution in [0.5, 0.6) is 5.75 Å². The van der Waals surface area contributed by atoms with Gasteiger partial charge in [-0.1, -0.05) is 12.1 Å². The number of ether oxygens (including phenoxy) is 1. The molecule has 1 aliphatic heterocycles. The highest BCUT2D eigenvalue weighted by Gasteiger charge is 2.48. The molecule has 0 saturated carbocycles. The van der Waals surface area contributed by atoms with Gasteiger partial charge in [-0.05, 0) is 51.3 Å². The number of nitrogens with one attached hydrogen (secondary N) is 1. The summed E-state index contributed by atoms with van der Waals surface area (Å²) in [5.41, 5.74) is 0.0485. The van der Waals surface area contributed by atoms with Crippen LogP contribution in [0.25, 0.3) is 0 Å². The number of amides is 4. The molecule has 1 aromatic rings. The summed E-state index contributed by atoms with van der Waals surface area (Å²) >= 11 is 0. The predicted molar refractivity (Wildman–Crippen MR) is 97.9 cm³/mol. The third-order valence-electron chi connectivity index (χ3n) is 4.83. The van der Waals surface area contributed by atoms with Gasteiger partial charge in [-0.15, -0.1) is 0 Å². The smallest absolute Gasteiger partial charge is 0.325 e. The van der Waals surface area contributed by atoms with Crippen LogP contribution >= 0.6 is 0 Å². The van der Waals surface area contributed by atoms with Gasteiger partial charge in [0.25, 0.3) is 5.91 Å². The first-order chi connectivity index (χ1) is 12.3. The highest BCUT2D eigenvalue weighted by Crippen LogP contribution is 2.24. The highest BCUT2D eigenvalue weighted by molar-refractivity contribution is 6.08. The Bertz CT molecular complexity index is 670. The first-order valence-corrected chi connectivity index (χ1v) is 8.89. The fourth-order valence-corrected chi connectivity index (χ4v) is 3.06. The standard InChI is InChI=1S/C19H27N3O4/c1-5-21(6-2)16(23)13-22-17(24)19(3,20-18(22)25)12-11-14-7-9-15(26-4)10-8-14/h7-10H,5-6,11-13H2,1-4H3,(H,20,25)/t19-/m1/s1. The number of hydrogen-bond acceptors (Lipinski definition) is 4. The van der Waals surface area contributed by atoms with Gasteiger partial charge in [-0.25, -0.2) is 4.79 Å². The number of urea groups is 1. The number of nitrogens with zero attached hydrogens (tertiary/aromatic N) is 2. The van der Waals surface area contributed by atoms with Crippen molar-refractivity contribution in [2.75, 3.05) is 26.7 Å². The quantitative estimate of drug-likeness (QED) is 0.716. The lowest BCUT2D eigenvalue weighted by Crippen LogP contribution is -2.46. The van der Waals surface area contributed by atoms with Gasteiger partial charge in [0.2, 0.25) is 5.91 Å². The van der Waals surface area contributed by atoms with E-state index in [9.17, 15) is 14.4 Å². The molecule has 0 aromatic heterocycles. The largest absolute Gasteiger partial charge is 0.497 e. The van der Waals surface area contributed by atoms with Crippen LogP contribution in [0.1, 0.15) is 32.8 Å². The maximum atomic E-state index is 12.7. The van der Waals surface area contributed by atoms with E-state index >= 15 is 0 Å². The molecule has 4 amide bonds. The predicted octanol–water partition coefficient (Wildman–Crippen LogP) is 1.81. The van der Waals surface area contributed by atoms with E-state index in [-0.39, 0.29) is 18.4 Å². The molecule has 142 valence electrons. The molecule has 1 saturated heterocycles. The Kier molecular flexibility index (Phi) is 6.23. The molecule has 0 radical (unpaired) electrons. The SMILES string of the molecule is CCN(CC)C(=O)CN1C(=O)N[C@](C)(CCc2ccc(OC)cc2)C1=O. The molecular weight excluding hydrogens is 334 g/mol. The molecule has 1 aromatic carbocycles. The third kappa shape index (κ3) is 4.15. The molecule has 26 heavy (non-hydrogen) atoms. The van der Waals surface area contributed by atoms with Gasteiger partial charge >= 0.3 is 6.03 Å². The van der Waals surface area contributed by atoms with Crippen molar-refractivity contribution in [1.82, 2.24) is 15.1 Å². The van der Waals surface area contributed by atoms with Gasteiger partial charge in [0.1, 0.15) is 17.8 Å². The van der Waals surface area contributed by atoms with E-state index in [0.29, 0.717) is 25.9 Å². The second-order valence-corrected chi connectivity index (χ2v) is 6.57. The molecule has 0 aliphatic carbocycles. The van der Waals surface area contributed by atoms with Crippen molar-refractivity contribution >= 4 is 17.8 Å². The van der Waals surface area contributed by atoms with Crippen LogP contribution < -0.4 is 10.1 Å². The average Bonchev–Trinajstić information content (AvgIpc) is 2.85. The maximum absolute atomic E-state index is 12.7. The zero-order chi connectivity index (χ0) is 19.3. The van der Waals surface area contributed by atoms with Crippen molar-refractivity contribution in [3.63, 3.8) is 0 Å². The molecule has 2 rings (SSSR count). The van der Waals surface area contributed by atoms with Crippen LogP contribution in [-0.2, 0) is 16.0 Å². The lowest BCUT2D eigenvalue weighted by molar-refractivity contribution is -0.138. The third-order valence-corrected chi connectivity index (χ3v) is 4.83. The second kappa shape index (κ2) is 8.21. The summed E-state index contributed by atoms with van der Waals surface area (Å²) in [6.07, 6.45) is 1.09. The summed E-state index contributed by atoms with van der Waals surface area (Å²) in [6, 6.07) is 7.09. The molecule has 0 bridgehead atoms. The first-order valence-electron chi connectivity index (χ1n) is 8.89. The van der Waals surface area contributed by atoms with E-state index in [1.165, 1.54) is 0 Å². The fraction of sp³-hybridized carbons (Fsp3) is 0.526. The van der Waals surface area contributed by atoms with E-state index in [4.69, 9.17) is 4.74 Å². The Morgan fingerprint density at radius 1 is 1.19 bits per heavy atom. The normalized spacial score (nSPS) is 19.5. The minimum Gasteiger partial charge on any atom is -0.497 e. The van der Waals surface area contributed by atoms with Crippen LogP contribution in [0.15, 0.2) is 24.3 Å². The van der Waals surface area contributed by atoms with Crippen LogP contribution in [0, 0.1) is 0 Å². The summed E-state index contributed by atoms with van der Waals surface area (Å²) in [6.45, 7) is 6.32. The van der Waals surface area contributed by atoms with Crippen molar-refractivity contribution < 1.29 is 19.1 Å². The van der Waals surface area contributed by atoms with Gasteiger partial charge in [0.15, 0.2) is 0 Å². The number of imide groups is 1. The molecular formula is C19H27N3O4. The molecule has 0 unspecified atom stereocenters. The summed E-state index contributed by atoms with van der Waals surface area (Å²) in [7, 11) is 1.61. The summed E-state index contributed by atoms with van der Waals surface area (Å²) in [5, 5.41) is 2.75. The summed E-state index contributed by atoms with van der Waals surface area (Å²) in [4.78, 5) is 39.9. The Morgan fingerprint density at radius 2 is 1.81 bits per heavy atom. The van der Waals surface area contributed by atoms with Crippen LogP contribution in [0.2, 0.25) is 0 Å². The Balaban J connectivity index is 2.01. The molecule has 1 aliphatic rings. The van der Waals surface area contributed by atoms with Crippen molar-refractivity contribution in [1.29, 1.82) is 0 Å². The number of methoxy groups -OCH3 is 1. The van der Waals surface area contributed by atoms with E-state index in [0.717, 1.165) is 16.2 Å². The number of hydrogen-bond donors (Lipinski definition) is 1. The lowest BCUT2D eigenvalue weighted by Gasteiger charge is -2.23. The molecule has 1 fully saturated rings. The van der Waals surface area contributed by atoms with Crippen LogP contribution in [-0.4, -0.2) is 59.9 Å². The number of carbonyl (C=O) groups is 3. The van der Waals surface area contributed by atoms with Crippen molar-refractivity contribution in [2.45, 2.75) is 39.2 Å². The maximum Gasteiger partial charge on any atom is 0.325 e. The monoisotopic (exact) mass is 361 g/mol. The van der Waals surface area contributed by atoms with Crippen molar-refractivity contribution in [3.05, 3.63) is 29.8 Å². The fourth-order valence-electron chi connectivity index (χ4n) is 3.06. The zero-order valence-electron chi connectivity index (χ0n) is 15.9. The van der Waals surface area contributed by atoms with E-state index in [1.807, 2.05) is 38.1 Å². The van der Waals surface area contributed by atoms with Gasteiger partial charge in [0, 0.05) is 13.1 Å². The van der Waals surface area contributed by atoms with Gasteiger partial charge in [0.05, 0.1) is 7.11 Å². The molecule has 1 N–H and O–H groups in total. The van der Waals surface area contributed by atoms with E-state index < -0.39 is 11.6 Å².